The van der Waals surface area contributed by atoms with E-state index in [1.807, 2.05) is 24.3 Å². The van der Waals surface area contributed by atoms with Gasteiger partial charge in [-0.05, 0) is 25.0 Å². The lowest BCUT2D eigenvalue weighted by molar-refractivity contribution is -0.135. The zero-order valence-corrected chi connectivity index (χ0v) is 16.5. The average Bonchev–Trinajstić information content (AvgIpc) is 2.79. The zero-order chi connectivity index (χ0) is 20.1. The fraction of sp³-hybridized carbons (Fsp3) is 0.524. The van der Waals surface area contributed by atoms with E-state index in [1.54, 1.807) is 11.2 Å². The Balaban J connectivity index is 1.25. The van der Waals surface area contributed by atoms with Crippen molar-refractivity contribution >= 4 is 28.5 Å². The van der Waals surface area contributed by atoms with Gasteiger partial charge in [0.1, 0.15) is 12.1 Å². The molecule has 0 radical (unpaired) electrons. The van der Waals surface area contributed by atoms with Crippen LogP contribution in [0.2, 0.25) is 0 Å². The van der Waals surface area contributed by atoms with E-state index < -0.39 is 0 Å². The molecule has 2 aliphatic rings. The Kier molecular flexibility index (Phi) is 6.19. The molecule has 2 aromatic rings. The largest absolute Gasteiger partial charge is 0.378 e. The number of nitrogens with one attached hydrogen (secondary N) is 1. The Morgan fingerprint density at radius 2 is 1.83 bits per heavy atom. The maximum atomic E-state index is 12.5. The standard InChI is InChI=1S/C21H27N5O3/c27-19(25-11-13-29-14-12-25)5-8-22-21(28)16-6-9-26(10-7-16)20-17-3-1-2-4-18(17)23-15-24-20/h1-4,15-16H,5-14H2,(H,22,28). The Morgan fingerprint density at radius 3 is 2.62 bits per heavy atom. The molecule has 8 heteroatoms. The summed E-state index contributed by atoms with van der Waals surface area (Å²) in [6.07, 6.45) is 3.50. The van der Waals surface area contributed by atoms with Gasteiger partial charge in [-0.1, -0.05) is 12.1 Å². The number of morpholine rings is 1. The first-order valence-electron chi connectivity index (χ1n) is 10.3. The van der Waals surface area contributed by atoms with Crippen LogP contribution in [0.1, 0.15) is 19.3 Å². The van der Waals surface area contributed by atoms with Crippen LogP contribution in [-0.2, 0) is 14.3 Å². The number of rotatable bonds is 5. The van der Waals surface area contributed by atoms with Crippen LogP contribution in [0.3, 0.4) is 0 Å². The quantitative estimate of drug-likeness (QED) is 0.816. The molecule has 1 N–H and O–H groups in total. The summed E-state index contributed by atoms with van der Waals surface area (Å²) in [5.74, 6) is 1.05. The lowest BCUT2D eigenvalue weighted by Crippen LogP contribution is -2.43. The molecule has 4 rings (SSSR count). The molecule has 0 saturated carbocycles. The number of amides is 2. The fourth-order valence-electron chi connectivity index (χ4n) is 4.00. The summed E-state index contributed by atoms with van der Waals surface area (Å²) in [6, 6.07) is 7.99. The van der Waals surface area contributed by atoms with Gasteiger partial charge in [0.25, 0.3) is 0 Å². The van der Waals surface area contributed by atoms with Gasteiger partial charge in [-0.15, -0.1) is 0 Å². The van der Waals surface area contributed by atoms with Gasteiger partial charge in [0.15, 0.2) is 0 Å². The Hall–Kier alpha value is -2.74. The predicted octanol–water partition coefficient (Wildman–Crippen LogP) is 1.21. The molecular formula is C21H27N5O3. The molecule has 29 heavy (non-hydrogen) atoms. The maximum Gasteiger partial charge on any atom is 0.224 e. The highest BCUT2D eigenvalue weighted by Crippen LogP contribution is 2.27. The molecule has 154 valence electrons. The fourth-order valence-corrected chi connectivity index (χ4v) is 4.00. The van der Waals surface area contributed by atoms with Gasteiger partial charge in [0, 0.05) is 50.4 Å². The van der Waals surface area contributed by atoms with Crippen molar-refractivity contribution < 1.29 is 14.3 Å². The van der Waals surface area contributed by atoms with Crippen LogP contribution in [0, 0.1) is 5.92 Å². The summed E-state index contributed by atoms with van der Waals surface area (Å²) < 4.78 is 5.26. The minimum Gasteiger partial charge on any atom is -0.378 e. The van der Waals surface area contributed by atoms with Crippen LogP contribution < -0.4 is 10.2 Å². The topological polar surface area (TPSA) is 87.7 Å². The first-order chi connectivity index (χ1) is 14.2. The van der Waals surface area contributed by atoms with Gasteiger partial charge < -0.3 is 19.9 Å². The molecule has 1 aromatic carbocycles. The van der Waals surface area contributed by atoms with E-state index in [0.717, 1.165) is 42.7 Å². The number of ether oxygens (including phenoxy) is 1. The van der Waals surface area contributed by atoms with Crippen LogP contribution in [0.4, 0.5) is 5.82 Å². The van der Waals surface area contributed by atoms with Gasteiger partial charge >= 0.3 is 0 Å². The minimum atomic E-state index is -0.0159. The molecule has 8 nitrogen and oxygen atoms in total. The minimum absolute atomic E-state index is 0.0159. The van der Waals surface area contributed by atoms with E-state index in [0.29, 0.717) is 39.3 Å². The third-order valence-electron chi connectivity index (χ3n) is 5.69. The molecule has 3 heterocycles. The van der Waals surface area contributed by atoms with Crippen LogP contribution in [0.25, 0.3) is 10.9 Å². The Bertz CT molecular complexity index is 855. The molecular weight excluding hydrogens is 370 g/mol. The number of carbonyl (C=O) groups excluding carboxylic acids is 2. The first-order valence-corrected chi connectivity index (χ1v) is 10.3. The molecule has 1 aromatic heterocycles. The second-order valence-electron chi connectivity index (χ2n) is 7.51. The van der Waals surface area contributed by atoms with Gasteiger partial charge in [-0.3, -0.25) is 9.59 Å². The molecule has 0 atom stereocenters. The number of benzene rings is 1. The van der Waals surface area contributed by atoms with Crippen molar-refractivity contribution in [3.63, 3.8) is 0 Å². The van der Waals surface area contributed by atoms with Crippen LogP contribution in [0.5, 0.6) is 0 Å². The number of carbonyl (C=O) groups is 2. The molecule has 0 unspecified atom stereocenters. The van der Waals surface area contributed by atoms with Crippen molar-refractivity contribution in [3.05, 3.63) is 30.6 Å². The number of fused-ring (bicyclic) bond motifs is 1. The summed E-state index contributed by atoms with van der Waals surface area (Å²) in [4.78, 5) is 37.5. The molecule has 0 bridgehead atoms. The highest BCUT2D eigenvalue weighted by molar-refractivity contribution is 5.89. The van der Waals surface area contributed by atoms with Gasteiger partial charge in [-0.2, -0.15) is 0 Å². The van der Waals surface area contributed by atoms with Gasteiger partial charge in [0.2, 0.25) is 11.8 Å². The Morgan fingerprint density at radius 1 is 1.07 bits per heavy atom. The number of nitrogens with zero attached hydrogens (tertiary/aromatic N) is 4. The van der Waals surface area contributed by atoms with Gasteiger partial charge in [-0.25, -0.2) is 9.97 Å². The van der Waals surface area contributed by atoms with Crippen LogP contribution in [0.15, 0.2) is 30.6 Å². The second-order valence-corrected chi connectivity index (χ2v) is 7.51. The average molecular weight is 397 g/mol. The highest BCUT2D eigenvalue weighted by atomic mass is 16.5. The number of piperidine rings is 1. The van der Waals surface area contributed by atoms with Crippen LogP contribution in [-0.4, -0.2) is 72.6 Å². The Labute approximate surface area is 170 Å². The van der Waals surface area contributed by atoms with Crippen molar-refractivity contribution in [2.45, 2.75) is 19.3 Å². The van der Waals surface area contributed by atoms with E-state index in [1.165, 1.54) is 0 Å². The second kappa shape index (κ2) is 9.17. The summed E-state index contributed by atoms with van der Waals surface area (Å²) >= 11 is 0. The molecule has 2 aliphatic heterocycles. The van der Waals surface area contributed by atoms with E-state index in [4.69, 9.17) is 4.74 Å². The van der Waals surface area contributed by atoms with E-state index in [-0.39, 0.29) is 17.7 Å². The SMILES string of the molecule is O=C(NCCC(=O)N1CCOCC1)C1CCN(c2ncnc3ccccc23)CC1. The lowest BCUT2D eigenvalue weighted by Gasteiger charge is -2.32. The lowest BCUT2D eigenvalue weighted by atomic mass is 9.95. The number of aromatic nitrogens is 2. The summed E-state index contributed by atoms with van der Waals surface area (Å²) in [6.45, 7) is 4.44. The van der Waals surface area contributed by atoms with Crippen LogP contribution >= 0.6 is 0 Å². The molecule has 2 saturated heterocycles. The first kappa shape index (κ1) is 19.6. The van der Waals surface area contributed by atoms with Crippen molar-refractivity contribution in [3.8, 4) is 0 Å². The molecule has 0 aliphatic carbocycles. The predicted molar refractivity (Wildman–Crippen MR) is 110 cm³/mol. The van der Waals surface area contributed by atoms with E-state index in [2.05, 4.69) is 20.2 Å². The van der Waals surface area contributed by atoms with Crippen molar-refractivity contribution in [2.24, 2.45) is 5.92 Å². The molecule has 2 fully saturated rings. The summed E-state index contributed by atoms with van der Waals surface area (Å²) in [5, 5.41) is 3.99. The van der Waals surface area contributed by atoms with Gasteiger partial charge in [0.05, 0.1) is 18.7 Å². The molecule has 0 spiro atoms. The number of anilines is 1. The van der Waals surface area contributed by atoms with Crippen molar-refractivity contribution in [1.82, 2.24) is 20.2 Å². The molecule has 2 amide bonds. The number of hydrogen-bond acceptors (Lipinski definition) is 6. The highest BCUT2D eigenvalue weighted by Gasteiger charge is 2.26. The third-order valence-corrected chi connectivity index (χ3v) is 5.69. The van der Waals surface area contributed by atoms with E-state index >= 15 is 0 Å². The van der Waals surface area contributed by atoms with Crippen molar-refractivity contribution in [1.29, 1.82) is 0 Å². The smallest absolute Gasteiger partial charge is 0.224 e. The maximum absolute atomic E-state index is 12.5. The monoisotopic (exact) mass is 397 g/mol. The van der Waals surface area contributed by atoms with E-state index in [9.17, 15) is 9.59 Å². The summed E-state index contributed by atoms with van der Waals surface area (Å²) in [7, 11) is 0. The third kappa shape index (κ3) is 4.64. The number of hydrogen-bond donors (Lipinski definition) is 1. The normalized spacial score (nSPS) is 18.1. The summed E-state index contributed by atoms with van der Waals surface area (Å²) in [5.41, 5.74) is 0.933. The number of para-hydroxylation sites is 1. The van der Waals surface area contributed by atoms with Crippen molar-refractivity contribution in [2.75, 3.05) is 50.8 Å². The zero-order valence-electron chi connectivity index (χ0n) is 16.5.